The van der Waals surface area contributed by atoms with Gasteiger partial charge in [-0.05, 0) is 111 Å². The third kappa shape index (κ3) is 32.2. The maximum absolute atomic E-state index is 13.1. The van der Waals surface area contributed by atoms with Crippen molar-refractivity contribution in [3.8, 4) is 29.3 Å². The van der Waals surface area contributed by atoms with Crippen LogP contribution in [0.4, 0.5) is 0 Å². The number of Topliss-reactive ketones (excluding diaryl/α,β-unsaturated/α-hetero) is 2. The van der Waals surface area contributed by atoms with E-state index in [9.17, 15) is 9.59 Å². The first-order valence-corrected chi connectivity index (χ1v) is 42.1. The minimum absolute atomic E-state index is 0.278. The molecular weight excluding hydrogens is 1110 g/mol. The average molecular weight is 1210 g/mol. The summed E-state index contributed by atoms with van der Waals surface area (Å²) in [6.45, 7) is 9.36. The molecule has 3 nitrogen and oxygen atoms in total. The van der Waals surface area contributed by atoms with Gasteiger partial charge in [-0.25, -0.2) is 0 Å². The van der Waals surface area contributed by atoms with E-state index < -0.39 is 8.32 Å². The molecule has 0 spiro atoms. The fourth-order valence-corrected chi connectivity index (χ4v) is 21.7. The van der Waals surface area contributed by atoms with Crippen molar-refractivity contribution in [3.05, 3.63) is 58.3 Å². The van der Waals surface area contributed by atoms with Crippen LogP contribution in [0.3, 0.4) is 0 Å². The highest BCUT2D eigenvalue weighted by atomic mass is 32.2. The average Bonchev–Trinajstić information content (AvgIpc) is 4.27. The summed E-state index contributed by atoms with van der Waals surface area (Å²) in [5, 5.41) is 0. The van der Waals surface area contributed by atoms with Gasteiger partial charge in [0.2, 0.25) is 9.76 Å². The lowest BCUT2D eigenvalue weighted by molar-refractivity contribution is 0.0975. The fourth-order valence-electron chi connectivity index (χ4n) is 9.16. The second-order valence-corrected chi connectivity index (χ2v) is 36.0. The summed E-state index contributed by atoms with van der Waals surface area (Å²) in [5.41, 5.74) is 0. The molecule has 0 amide bonds. The van der Waals surface area contributed by atoms with Crippen LogP contribution < -0.4 is 0 Å². The highest BCUT2D eigenvalue weighted by molar-refractivity contribution is 8.05. The van der Waals surface area contributed by atoms with Crippen molar-refractivity contribution in [2.24, 2.45) is 0 Å². The van der Waals surface area contributed by atoms with Crippen LogP contribution in [-0.2, 0) is 4.12 Å². The molecule has 4 aromatic rings. The Hall–Kier alpha value is -0.0662. The monoisotopic (exact) mass is 1200 g/mol. The molecule has 0 saturated heterocycles. The second kappa shape index (κ2) is 44.6. The molecule has 0 aliphatic rings. The Bertz CT molecular complexity index is 2000. The zero-order valence-electron chi connectivity index (χ0n) is 47.4. The Balaban J connectivity index is 0.869. The van der Waals surface area contributed by atoms with Crippen molar-refractivity contribution in [1.82, 2.24) is 0 Å². The van der Waals surface area contributed by atoms with Crippen molar-refractivity contribution in [3.63, 3.8) is 0 Å². The predicted octanol–water partition coefficient (Wildman–Crippen LogP) is 23.2. The number of carbonyl (C=O) groups is 2. The second-order valence-electron chi connectivity index (χ2n) is 21.1. The van der Waals surface area contributed by atoms with Crippen molar-refractivity contribution in [2.45, 2.75) is 232 Å². The van der Waals surface area contributed by atoms with Crippen molar-refractivity contribution in [2.75, 3.05) is 46.0 Å². The van der Waals surface area contributed by atoms with Crippen LogP contribution >= 0.6 is 92.4 Å². The molecule has 0 aliphatic carbocycles. The summed E-state index contributed by atoms with van der Waals surface area (Å²) < 4.78 is 6.52. The lowest BCUT2D eigenvalue weighted by atomic mass is 10.1. The highest BCUT2D eigenvalue weighted by Crippen LogP contribution is 2.43. The number of rotatable bonds is 52. The van der Waals surface area contributed by atoms with E-state index in [2.05, 4.69) is 110 Å². The Morgan fingerprint density at radius 1 is 0.387 bits per heavy atom. The first-order valence-electron chi connectivity index (χ1n) is 30.0. The molecule has 0 aromatic carbocycles. The van der Waals surface area contributed by atoms with E-state index in [1.165, 1.54) is 241 Å². The van der Waals surface area contributed by atoms with E-state index in [4.69, 9.17) is 4.12 Å². The van der Waals surface area contributed by atoms with Gasteiger partial charge in [0.15, 0.2) is 19.9 Å². The quantitative estimate of drug-likeness (QED) is 0.0248. The van der Waals surface area contributed by atoms with Gasteiger partial charge in [-0.3, -0.25) is 9.59 Å². The van der Waals surface area contributed by atoms with E-state index in [1.54, 1.807) is 45.3 Å². The van der Waals surface area contributed by atoms with Crippen LogP contribution in [0.2, 0.25) is 25.2 Å². The predicted molar refractivity (Wildman–Crippen MR) is 356 cm³/mol. The maximum Gasteiger partial charge on any atom is 0.215 e. The number of hydrogen-bond acceptors (Lipinski definition) is 11. The normalized spacial score (nSPS) is 11.9. The van der Waals surface area contributed by atoms with Gasteiger partial charge in [0.25, 0.3) is 0 Å². The standard InChI is InChI=1S/C62H100O3S8Si2/c1-5-7-9-11-23-29-43-66-45-47-68-49-50-69-48-46-67-44-30-24-19-15-12-13-16-20-25-31-51-74-65-75(3,4)52-32-26-21-17-14-18-22-28-34-54(64)56-36-38-58(71-56)60-40-42-62(73-60)61-41-39-59(72-61)57-37-35-55(70-57)53(63)33-27-10-8-6-2/h35-42H,5-34,43-52H2,1-4H3. The topological polar surface area (TPSA) is 43.4 Å². The van der Waals surface area contributed by atoms with Gasteiger partial charge in [0.1, 0.15) is 0 Å². The van der Waals surface area contributed by atoms with E-state index in [0.29, 0.717) is 28.4 Å². The van der Waals surface area contributed by atoms with E-state index >= 15 is 0 Å². The molecule has 0 atom stereocenters. The van der Waals surface area contributed by atoms with Crippen LogP contribution in [0.1, 0.15) is 226 Å². The molecule has 4 heterocycles. The third-order valence-corrected chi connectivity index (χ3v) is 28.6. The molecule has 13 heteroatoms. The number of thioether (sulfide) groups is 4. The molecule has 0 unspecified atom stereocenters. The van der Waals surface area contributed by atoms with Gasteiger partial charge in [0, 0.05) is 76.6 Å². The molecule has 0 N–H and O–H groups in total. The molecule has 75 heavy (non-hydrogen) atoms. The Morgan fingerprint density at radius 3 is 1.11 bits per heavy atom. The van der Waals surface area contributed by atoms with Gasteiger partial charge in [-0.2, -0.15) is 47.0 Å². The largest absolute Gasteiger partial charge is 0.456 e. The van der Waals surface area contributed by atoms with E-state index in [1.807, 2.05) is 12.1 Å². The number of ketones is 2. The molecular formula is C62H100O3S8Si2. The molecule has 2 radical (unpaired) electrons. The van der Waals surface area contributed by atoms with Crippen LogP contribution in [0, 0.1) is 0 Å². The summed E-state index contributed by atoms with van der Waals surface area (Å²) >= 11 is 15.6. The third-order valence-electron chi connectivity index (χ3n) is 13.8. The van der Waals surface area contributed by atoms with Crippen LogP contribution in [-0.4, -0.2) is 75.7 Å². The van der Waals surface area contributed by atoms with Gasteiger partial charge < -0.3 is 4.12 Å². The van der Waals surface area contributed by atoms with Crippen molar-refractivity contribution >= 4 is 122 Å². The van der Waals surface area contributed by atoms with Crippen LogP contribution in [0.5, 0.6) is 0 Å². The van der Waals surface area contributed by atoms with Crippen LogP contribution in [0.15, 0.2) is 48.5 Å². The summed E-state index contributed by atoms with van der Waals surface area (Å²) in [4.78, 5) is 34.9. The smallest absolute Gasteiger partial charge is 0.215 e. The molecule has 0 fully saturated rings. The summed E-state index contributed by atoms with van der Waals surface area (Å²) in [7, 11) is -0.820. The Morgan fingerprint density at radius 2 is 0.693 bits per heavy atom. The molecule has 4 aromatic heterocycles. The highest BCUT2D eigenvalue weighted by Gasteiger charge is 2.21. The minimum Gasteiger partial charge on any atom is -0.456 e. The summed E-state index contributed by atoms with van der Waals surface area (Å²) in [6.07, 6.45) is 38.5. The van der Waals surface area contributed by atoms with Crippen molar-refractivity contribution < 1.29 is 13.7 Å². The molecule has 4 rings (SSSR count). The van der Waals surface area contributed by atoms with Crippen LogP contribution in [0.25, 0.3) is 29.3 Å². The number of hydrogen-bond donors (Lipinski definition) is 0. The van der Waals surface area contributed by atoms with Crippen molar-refractivity contribution in [1.29, 1.82) is 0 Å². The Labute approximate surface area is 496 Å². The lowest BCUT2D eigenvalue weighted by Crippen LogP contribution is -2.31. The zero-order valence-corrected chi connectivity index (χ0v) is 55.9. The van der Waals surface area contributed by atoms with E-state index in [-0.39, 0.29) is 5.78 Å². The number of carbonyl (C=O) groups excluding carboxylic acids is 2. The molecule has 422 valence electrons. The van der Waals surface area contributed by atoms with Gasteiger partial charge in [-0.1, -0.05) is 168 Å². The van der Waals surface area contributed by atoms with Gasteiger partial charge >= 0.3 is 0 Å². The molecule has 0 saturated carbocycles. The Kier molecular flexibility index (Phi) is 40.1. The SMILES string of the molecule is CCCCCCCCSCCSCCSCCSCCCCCCCCCCCC[Si]O[Si](C)(C)CCCCCCCCCCC(=O)c1ccc(-c2ccc(-c3ccc(-c4ccc(C(=O)CCCCCC)s4)s3)s2)s1. The number of unbranched alkanes of at least 4 members (excludes halogenated alkanes) is 24. The lowest BCUT2D eigenvalue weighted by Gasteiger charge is -2.22. The molecule has 0 bridgehead atoms. The molecule has 0 aliphatic heterocycles. The zero-order chi connectivity index (χ0) is 53.3. The first kappa shape index (κ1) is 67.4. The summed E-state index contributed by atoms with van der Waals surface area (Å²) in [5.74, 6) is 11.3. The summed E-state index contributed by atoms with van der Waals surface area (Å²) in [6, 6.07) is 19.6. The van der Waals surface area contributed by atoms with E-state index in [0.717, 1.165) is 35.4 Å². The minimum atomic E-state index is -1.53. The fraction of sp³-hybridized carbons (Fsp3) is 0.710. The first-order chi connectivity index (χ1) is 36.8. The van der Waals surface area contributed by atoms with Gasteiger partial charge in [0.05, 0.1) is 9.75 Å². The maximum atomic E-state index is 13.1. The number of thiophene rings is 4. The van der Waals surface area contributed by atoms with Gasteiger partial charge in [-0.15, -0.1) is 45.3 Å².